The summed E-state index contributed by atoms with van der Waals surface area (Å²) in [7, 11) is 0. The van der Waals surface area contributed by atoms with Gasteiger partial charge in [0, 0.05) is 17.9 Å². The maximum absolute atomic E-state index is 11.5. The first-order valence-electron chi connectivity index (χ1n) is 6.83. The van der Waals surface area contributed by atoms with Crippen LogP contribution in [0.5, 0.6) is 5.75 Å². The van der Waals surface area contributed by atoms with Gasteiger partial charge in [0.15, 0.2) is 0 Å². The molecule has 0 spiro atoms. The Kier molecular flexibility index (Phi) is 5.08. The molecule has 0 saturated carbocycles. The van der Waals surface area contributed by atoms with Crippen molar-refractivity contribution in [2.75, 3.05) is 17.8 Å². The highest BCUT2D eigenvalue weighted by Gasteiger charge is 2.20. The van der Waals surface area contributed by atoms with Gasteiger partial charge in [-0.15, -0.1) is 11.6 Å². The minimum absolute atomic E-state index is 0.0925. The van der Waals surface area contributed by atoms with E-state index in [0.29, 0.717) is 18.9 Å². The fraction of sp³-hybridized carbons (Fsp3) is 0.533. The van der Waals surface area contributed by atoms with Crippen molar-refractivity contribution < 1.29 is 9.53 Å². The third-order valence-electron chi connectivity index (χ3n) is 3.38. The van der Waals surface area contributed by atoms with E-state index in [2.05, 4.69) is 5.32 Å². The van der Waals surface area contributed by atoms with Gasteiger partial charge in [-0.1, -0.05) is 6.07 Å². The highest BCUT2D eigenvalue weighted by atomic mass is 35.5. The van der Waals surface area contributed by atoms with E-state index < -0.39 is 0 Å². The van der Waals surface area contributed by atoms with Crippen molar-refractivity contribution in [1.29, 1.82) is 0 Å². The van der Waals surface area contributed by atoms with Crippen molar-refractivity contribution in [2.45, 2.75) is 39.0 Å². The van der Waals surface area contributed by atoms with E-state index in [1.807, 2.05) is 19.1 Å². The van der Waals surface area contributed by atoms with Gasteiger partial charge in [0.1, 0.15) is 5.75 Å². The second-order valence-corrected chi connectivity index (χ2v) is 5.26. The molecule has 1 aliphatic heterocycles. The first-order chi connectivity index (χ1) is 9.22. The molecule has 0 fully saturated rings. The van der Waals surface area contributed by atoms with Gasteiger partial charge in [0.05, 0.1) is 12.3 Å². The van der Waals surface area contributed by atoms with E-state index in [9.17, 15) is 4.79 Å². The number of rotatable bonds is 6. The predicted octanol–water partition coefficient (Wildman–Crippen LogP) is 3.67. The number of halogens is 1. The van der Waals surface area contributed by atoms with Gasteiger partial charge in [-0.25, -0.2) is 0 Å². The molecule has 0 atom stereocenters. The number of alkyl halides is 1. The summed E-state index contributed by atoms with van der Waals surface area (Å²) in [6.45, 7) is 2.72. The molecule has 2 rings (SSSR count). The minimum atomic E-state index is 0.0925. The molecule has 0 unspecified atom stereocenters. The Hall–Kier alpha value is -1.22. The van der Waals surface area contributed by atoms with Gasteiger partial charge in [-0.3, -0.25) is 4.79 Å². The molecular formula is C15H20ClNO2. The fourth-order valence-electron chi connectivity index (χ4n) is 2.30. The summed E-state index contributed by atoms with van der Waals surface area (Å²) in [5.74, 6) is 1.72. The minimum Gasteiger partial charge on any atom is -0.493 e. The lowest BCUT2D eigenvalue weighted by Crippen LogP contribution is -2.20. The van der Waals surface area contributed by atoms with Gasteiger partial charge in [-0.05, 0) is 44.2 Å². The molecule has 1 aromatic rings. The summed E-state index contributed by atoms with van der Waals surface area (Å²) in [4.78, 5) is 11.5. The third-order valence-corrected chi connectivity index (χ3v) is 3.65. The van der Waals surface area contributed by atoms with E-state index >= 15 is 0 Å². The number of amides is 1. The van der Waals surface area contributed by atoms with E-state index in [-0.39, 0.29) is 5.91 Å². The zero-order chi connectivity index (χ0) is 13.7. The zero-order valence-corrected chi connectivity index (χ0v) is 12.1. The molecule has 1 aliphatic rings. The van der Waals surface area contributed by atoms with Gasteiger partial charge in [0.25, 0.3) is 0 Å². The topological polar surface area (TPSA) is 38.3 Å². The van der Waals surface area contributed by atoms with Crippen LogP contribution >= 0.6 is 11.6 Å². The standard InChI is InChI=1S/C15H20ClNO2/c1-11-5-7-13(19-10-4-2-3-9-16)12-6-8-14(18)17-15(11)12/h5,7H,2-4,6,8-10H2,1H3,(H,17,18). The van der Waals surface area contributed by atoms with Gasteiger partial charge in [-0.2, -0.15) is 0 Å². The Morgan fingerprint density at radius 3 is 2.89 bits per heavy atom. The van der Waals surface area contributed by atoms with Crippen LogP contribution in [0.3, 0.4) is 0 Å². The predicted molar refractivity (Wildman–Crippen MR) is 78.2 cm³/mol. The maximum Gasteiger partial charge on any atom is 0.224 e. The SMILES string of the molecule is Cc1ccc(OCCCCCCl)c2c1NC(=O)CC2. The zero-order valence-electron chi connectivity index (χ0n) is 11.3. The Bertz CT molecular complexity index is 460. The second-order valence-electron chi connectivity index (χ2n) is 4.88. The molecule has 1 aromatic carbocycles. The average molecular weight is 282 g/mol. The molecule has 0 bridgehead atoms. The number of nitrogens with one attached hydrogen (secondary N) is 1. The Balaban J connectivity index is 2.01. The fourth-order valence-corrected chi connectivity index (χ4v) is 2.49. The third kappa shape index (κ3) is 3.63. The van der Waals surface area contributed by atoms with Gasteiger partial charge < -0.3 is 10.1 Å². The monoisotopic (exact) mass is 281 g/mol. The first-order valence-corrected chi connectivity index (χ1v) is 7.37. The highest BCUT2D eigenvalue weighted by Crippen LogP contribution is 2.34. The highest BCUT2D eigenvalue weighted by molar-refractivity contribution is 6.17. The molecule has 1 heterocycles. The Morgan fingerprint density at radius 2 is 2.11 bits per heavy atom. The van der Waals surface area contributed by atoms with Crippen molar-refractivity contribution in [1.82, 2.24) is 0 Å². The second kappa shape index (κ2) is 6.80. The molecule has 1 amide bonds. The van der Waals surface area contributed by atoms with E-state index in [0.717, 1.165) is 48.2 Å². The number of hydrogen-bond donors (Lipinski definition) is 1. The molecule has 1 N–H and O–H groups in total. The normalized spacial score (nSPS) is 13.9. The van der Waals surface area contributed by atoms with Crippen molar-refractivity contribution in [2.24, 2.45) is 0 Å². The van der Waals surface area contributed by atoms with Crippen LogP contribution in [0.25, 0.3) is 0 Å². The van der Waals surface area contributed by atoms with Crippen LogP contribution in [0.1, 0.15) is 36.8 Å². The number of unbranched alkanes of at least 4 members (excludes halogenated alkanes) is 2. The smallest absolute Gasteiger partial charge is 0.224 e. The molecule has 0 saturated heterocycles. The quantitative estimate of drug-likeness (QED) is 0.638. The van der Waals surface area contributed by atoms with Crippen LogP contribution in [0, 0.1) is 6.92 Å². The van der Waals surface area contributed by atoms with Crippen molar-refractivity contribution in [3.63, 3.8) is 0 Å². The van der Waals surface area contributed by atoms with Crippen LogP contribution < -0.4 is 10.1 Å². The summed E-state index contributed by atoms with van der Waals surface area (Å²) in [5.41, 5.74) is 3.17. The van der Waals surface area contributed by atoms with Crippen LogP contribution in [0.2, 0.25) is 0 Å². The number of carbonyl (C=O) groups is 1. The summed E-state index contributed by atoms with van der Waals surface area (Å²) < 4.78 is 5.85. The largest absolute Gasteiger partial charge is 0.493 e. The number of carbonyl (C=O) groups excluding carboxylic acids is 1. The summed E-state index contributed by atoms with van der Waals surface area (Å²) in [6.07, 6.45) is 4.45. The molecule has 19 heavy (non-hydrogen) atoms. The molecule has 0 aromatic heterocycles. The Morgan fingerprint density at radius 1 is 1.26 bits per heavy atom. The summed E-state index contributed by atoms with van der Waals surface area (Å²) >= 11 is 5.64. The number of benzene rings is 1. The van der Waals surface area contributed by atoms with Gasteiger partial charge in [0.2, 0.25) is 5.91 Å². The van der Waals surface area contributed by atoms with Gasteiger partial charge >= 0.3 is 0 Å². The average Bonchev–Trinajstić information content (AvgIpc) is 2.41. The van der Waals surface area contributed by atoms with Crippen molar-refractivity contribution in [3.8, 4) is 5.75 Å². The summed E-state index contributed by atoms with van der Waals surface area (Å²) in [5, 5.41) is 2.94. The Labute approximate surface area is 119 Å². The molecule has 0 radical (unpaired) electrons. The number of aryl methyl sites for hydroxylation is 1. The molecule has 4 heteroatoms. The maximum atomic E-state index is 11.5. The number of anilines is 1. The van der Waals surface area contributed by atoms with E-state index in [4.69, 9.17) is 16.3 Å². The van der Waals surface area contributed by atoms with E-state index in [1.54, 1.807) is 0 Å². The van der Waals surface area contributed by atoms with E-state index in [1.165, 1.54) is 0 Å². The number of fused-ring (bicyclic) bond motifs is 1. The van der Waals surface area contributed by atoms with Crippen molar-refractivity contribution in [3.05, 3.63) is 23.3 Å². The summed E-state index contributed by atoms with van der Waals surface area (Å²) in [6, 6.07) is 4.01. The van der Waals surface area contributed by atoms with Crippen LogP contribution in [0.4, 0.5) is 5.69 Å². The lowest BCUT2D eigenvalue weighted by molar-refractivity contribution is -0.116. The lowest BCUT2D eigenvalue weighted by Gasteiger charge is -2.22. The molecular weight excluding hydrogens is 262 g/mol. The molecule has 0 aliphatic carbocycles. The van der Waals surface area contributed by atoms with Crippen molar-refractivity contribution >= 4 is 23.2 Å². The molecule has 3 nitrogen and oxygen atoms in total. The number of hydrogen-bond acceptors (Lipinski definition) is 2. The lowest BCUT2D eigenvalue weighted by atomic mass is 9.98. The van der Waals surface area contributed by atoms with Crippen LogP contribution in [-0.4, -0.2) is 18.4 Å². The van der Waals surface area contributed by atoms with Crippen LogP contribution in [-0.2, 0) is 11.2 Å². The number of ether oxygens (including phenoxy) is 1. The first kappa shape index (κ1) is 14.2. The van der Waals surface area contributed by atoms with Crippen LogP contribution in [0.15, 0.2) is 12.1 Å². The molecule has 104 valence electrons.